The van der Waals surface area contributed by atoms with Crippen molar-refractivity contribution < 1.29 is 22.4 Å². The molecule has 0 aliphatic heterocycles. The molecule has 0 fully saturated rings. The summed E-state index contributed by atoms with van der Waals surface area (Å²) in [6.45, 7) is 2.89. The van der Waals surface area contributed by atoms with Crippen LogP contribution in [-0.2, 0) is 0 Å². The molecule has 0 bridgehead atoms. The summed E-state index contributed by atoms with van der Waals surface area (Å²) in [4.78, 5) is 10.8. The first-order valence-corrected chi connectivity index (χ1v) is 8.19. The van der Waals surface area contributed by atoms with Crippen LogP contribution in [0.25, 0.3) is 6.08 Å². The van der Waals surface area contributed by atoms with Crippen LogP contribution in [0.5, 0.6) is 0 Å². The summed E-state index contributed by atoms with van der Waals surface area (Å²) in [7, 11) is 0. The molecule has 0 N–H and O–H groups in total. The Balaban J connectivity index is 2.43. The summed E-state index contributed by atoms with van der Waals surface area (Å²) in [6.07, 6.45) is -1.48. The van der Waals surface area contributed by atoms with Gasteiger partial charge in [0.05, 0.1) is 5.92 Å². The molecule has 6 heteroatoms. The maximum atomic E-state index is 13.7. The number of rotatable bonds is 4. The van der Waals surface area contributed by atoms with Crippen molar-refractivity contribution in [3.05, 3.63) is 74.5 Å². The average molecular weight is 415 g/mol. The Labute approximate surface area is 151 Å². The van der Waals surface area contributed by atoms with Crippen LogP contribution in [0.15, 0.2) is 40.9 Å². The first-order valence-electron chi connectivity index (χ1n) is 7.39. The molecule has 0 amide bonds. The Morgan fingerprint density at radius 1 is 1.08 bits per heavy atom. The fraction of sp³-hybridized carbons (Fsp3) is 0.211. The maximum Gasteiger partial charge on any atom is 0.399 e. The summed E-state index contributed by atoms with van der Waals surface area (Å²) >= 11 is 3.20. The van der Waals surface area contributed by atoms with Gasteiger partial charge in [-0.05, 0) is 48.2 Å². The Morgan fingerprint density at radius 2 is 1.68 bits per heavy atom. The van der Waals surface area contributed by atoms with Gasteiger partial charge in [-0.3, -0.25) is 4.79 Å². The average Bonchev–Trinajstić information content (AvgIpc) is 2.51. The minimum atomic E-state index is -4.51. The highest BCUT2D eigenvalue weighted by molar-refractivity contribution is 9.10. The van der Waals surface area contributed by atoms with Crippen LogP contribution in [0.2, 0.25) is 0 Å². The lowest BCUT2D eigenvalue weighted by molar-refractivity contribution is -0.139. The first-order chi connectivity index (χ1) is 11.6. The molecule has 0 saturated carbocycles. The van der Waals surface area contributed by atoms with Gasteiger partial charge in [0, 0.05) is 10.0 Å². The highest BCUT2D eigenvalue weighted by atomic mass is 79.9. The Morgan fingerprint density at radius 3 is 2.16 bits per heavy atom. The molecule has 132 valence electrons. The fourth-order valence-corrected chi connectivity index (χ4v) is 3.01. The molecule has 0 saturated heterocycles. The van der Waals surface area contributed by atoms with E-state index in [1.54, 1.807) is 12.1 Å². The summed E-state index contributed by atoms with van der Waals surface area (Å²) in [5, 5.41) is 0. The molecular weight excluding hydrogens is 400 g/mol. The zero-order valence-electron chi connectivity index (χ0n) is 13.5. The van der Waals surface area contributed by atoms with Gasteiger partial charge in [0.25, 0.3) is 0 Å². The lowest BCUT2D eigenvalue weighted by Gasteiger charge is -2.19. The second-order valence-corrected chi connectivity index (χ2v) is 6.60. The highest BCUT2D eigenvalue weighted by Gasteiger charge is 2.39. The predicted molar refractivity (Wildman–Crippen MR) is 93.2 cm³/mol. The van der Waals surface area contributed by atoms with Crippen molar-refractivity contribution in [1.29, 1.82) is 0 Å². The van der Waals surface area contributed by atoms with E-state index in [0.29, 0.717) is 21.9 Å². The third-order valence-corrected chi connectivity index (χ3v) is 4.49. The molecule has 1 atom stereocenters. The SMILES string of the molecule is Cc1cc(C(/C=C/c2ccc(C=O)c(Br)c2)C(F)(F)F)cc(C)c1F. The number of allylic oxidation sites excluding steroid dienone is 1. The van der Waals surface area contributed by atoms with Crippen LogP contribution >= 0.6 is 15.9 Å². The molecule has 0 heterocycles. The summed E-state index contributed by atoms with van der Waals surface area (Å²) in [5.74, 6) is -2.35. The number of halogens is 5. The van der Waals surface area contributed by atoms with Crippen LogP contribution in [-0.4, -0.2) is 12.5 Å². The topological polar surface area (TPSA) is 17.1 Å². The van der Waals surface area contributed by atoms with Crippen molar-refractivity contribution in [3.63, 3.8) is 0 Å². The number of carbonyl (C=O) groups excluding carboxylic acids is 1. The number of alkyl halides is 3. The molecule has 2 aromatic rings. The standard InChI is InChI=1S/C19H15BrF4O/c1-11-7-15(8-12(2)18(11)21)16(19(22,23)24)6-4-13-3-5-14(10-25)17(20)9-13/h3-10,16H,1-2H3/b6-4+. The van der Waals surface area contributed by atoms with Crippen LogP contribution in [0, 0.1) is 19.7 Å². The largest absolute Gasteiger partial charge is 0.399 e. The quantitative estimate of drug-likeness (QED) is 0.419. The highest BCUT2D eigenvalue weighted by Crippen LogP contribution is 2.37. The van der Waals surface area contributed by atoms with Crippen molar-refractivity contribution in [3.8, 4) is 0 Å². The minimum absolute atomic E-state index is 0.0104. The van der Waals surface area contributed by atoms with E-state index in [9.17, 15) is 22.4 Å². The molecule has 25 heavy (non-hydrogen) atoms. The van der Waals surface area contributed by atoms with Gasteiger partial charge in [0.15, 0.2) is 6.29 Å². The third kappa shape index (κ3) is 4.57. The third-order valence-electron chi connectivity index (χ3n) is 3.80. The molecule has 2 aromatic carbocycles. The first kappa shape index (κ1) is 19.4. The van der Waals surface area contributed by atoms with Crippen molar-refractivity contribution in [2.24, 2.45) is 0 Å². The maximum absolute atomic E-state index is 13.7. The monoisotopic (exact) mass is 414 g/mol. The number of aryl methyl sites for hydroxylation is 2. The van der Waals surface area contributed by atoms with Gasteiger partial charge in [-0.1, -0.05) is 46.3 Å². The Hall–Kier alpha value is -1.95. The van der Waals surface area contributed by atoms with Gasteiger partial charge >= 0.3 is 6.18 Å². The van der Waals surface area contributed by atoms with Crippen LogP contribution in [0.3, 0.4) is 0 Å². The predicted octanol–water partition coefficient (Wildman–Crippen LogP) is 6.38. The van der Waals surface area contributed by atoms with E-state index in [1.807, 2.05) is 0 Å². The van der Waals surface area contributed by atoms with E-state index in [2.05, 4.69) is 15.9 Å². The van der Waals surface area contributed by atoms with Crippen molar-refractivity contribution in [2.75, 3.05) is 0 Å². The van der Waals surface area contributed by atoms with Gasteiger partial charge in [-0.2, -0.15) is 13.2 Å². The molecule has 0 radical (unpaired) electrons. The van der Waals surface area contributed by atoms with Crippen molar-refractivity contribution >= 4 is 28.3 Å². The van der Waals surface area contributed by atoms with Crippen LogP contribution in [0.1, 0.15) is 38.5 Å². The molecule has 2 rings (SSSR count). The Kier molecular flexibility index (Phi) is 5.83. The number of hydrogen-bond donors (Lipinski definition) is 0. The molecule has 0 spiro atoms. The molecule has 0 aliphatic carbocycles. The second kappa shape index (κ2) is 7.52. The zero-order chi connectivity index (χ0) is 18.8. The number of benzene rings is 2. The Bertz CT molecular complexity index is 802. The molecular formula is C19H15BrF4O. The van der Waals surface area contributed by atoms with Gasteiger partial charge in [0.2, 0.25) is 0 Å². The summed E-state index contributed by atoms with van der Waals surface area (Å²) < 4.78 is 54.6. The van der Waals surface area contributed by atoms with Crippen LogP contribution < -0.4 is 0 Å². The summed E-state index contributed by atoms with van der Waals surface area (Å²) in [5.41, 5.74) is 1.27. The van der Waals surface area contributed by atoms with E-state index in [-0.39, 0.29) is 16.7 Å². The molecule has 1 nitrogen and oxygen atoms in total. The number of aldehydes is 1. The lowest BCUT2D eigenvalue weighted by atomic mass is 9.93. The molecule has 0 aliphatic rings. The number of hydrogen-bond acceptors (Lipinski definition) is 1. The molecule has 1 unspecified atom stereocenters. The minimum Gasteiger partial charge on any atom is -0.298 e. The fourth-order valence-electron chi connectivity index (χ4n) is 2.52. The normalized spacial score (nSPS) is 13.2. The van der Waals surface area contributed by atoms with Gasteiger partial charge < -0.3 is 0 Å². The second-order valence-electron chi connectivity index (χ2n) is 5.75. The van der Waals surface area contributed by atoms with Crippen molar-refractivity contribution in [1.82, 2.24) is 0 Å². The van der Waals surface area contributed by atoms with Gasteiger partial charge in [0.1, 0.15) is 5.82 Å². The van der Waals surface area contributed by atoms with E-state index < -0.39 is 17.9 Å². The van der Waals surface area contributed by atoms with E-state index in [0.717, 1.165) is 6.08 Å². The zero-order valence-corrected chi connectivity index (χ0v) is 15.1. The van der Waals surface area contributed by atoms with E-state index in [1.165, 1.54) is 38.1 Å². The smallest absolute Gasteiger partial charge is 0.298 e. The number of carbonyl (C=O) groups is 1. The summed E-state index contributed by atoms with van der Waals surface area (Å²) in [6, 6.07) is 7.08. The van der Waals surface area contributed by atoms with Gasteiger partial charge in [-0.15, -0.1) is 0 Å². The lowest BCUT2D eigenvalue weighted by Crippen LogP contribution is -2.19. The van der Waals surface area contributed by atoms with Crippen LogP contribution in [0.4, 0.5) is 17.6 Å². The molecule has 0 aromatic heterocycles. The van der Waals surface area contributed by atoms with Gasteiger partial charge in [-0.25, -0.2) is 4.39 Å². The van der Waals surface area contributed by atoms with Crippen molar-refractivity contribution in [2.45, 2.75) is 25.9 Å². The van der Waals surface area contributed by atoms with E-state index in [4.69, 9.17) is 0 Å². The van der Waals surface area contributed by atoms with E-state index >= 15 is 0 Å².